The van der Waals surface area contributed by atoms with Crippen LogP contribution in [0.25, 0.3) is 107 Å². The summed E-state index contributed by atoms with van der Waals surface area (Å²) < 4.78 is 18.3. The Morgan fingerprint density at radius 3 is 1.69 bits per heavy atom. The van der Waals surface area contributed by atoms with Gasteiger partial charge in [0, 0.05) is 88.4 Å². The van der Waals surface area contributed by atoms with Crippen molar-refractivity contribution in [2.45, 2.75) is 0 Å². The minimum absolute atomic E-state index is 0.763. The van der Waals surface area contributed by atoms with E-state index in [9.17, 15) is 0 Å². The van der Waals surface area contributed by atoms with Crippen LogP contribution in [0.5, 0.6) is 0 Å². The van der Waals surface area contributed by atoms with Crippen molar-refractivity contribution in [3.8, 4) is 22.5 Å². The summed E-state index contributed by atoms with van der Waals surface area (Å²) in [5.74, 6) is 0. The van der Waals surface area contributed by atoms with E-state index in [0.717, 1.165) is 87.1 Å². The van der Waals surface area contributed by atoms with Crippen LogP contribution in [0.15, 0.2) is 203 Å². The summed E-state index contributed by atoms with van der Waals surface area (Å²) in [6, 6.07) is 60.1. The molecule has 6 nitrogen and oxygen atoms in total. The smallest absolute Gasteiger partial charge is 0.230 e. The molecule has 0 aliphatic carbocycles. The van der Waals surface area contributed by atoms with E-state index in [0.29, 0.717) is 0 Å². The second kappa shape index (κ2) is 14.1. The van der Waals surface area contributed by atoms with Crippen LogP contribution in [0.2, 0.25) is 0 Å². The van der Waals surface area contributed by atoms with E-state index in [4.69, 9.17) is 28.8 Å². The number of hydrogen-bond donors (Lipinski definition) is 0. The fourth-order valence-electron chi connectivity index (χ4n) is 10.2. The minimum Gasteiger partial charge on any atom is -0.455 e. The van der Waals surface area contributed by atoms with E-state index in [1.807, 2.05) is 60.4 Å². The fraction of sp³-hybridized carbons (Fsp3) is 0. The standard InChI is InChI=1S/C56H32N4O2S2Si/c1-3-11-35(12-4-1)65(36-13-5-2-6-14-36,55-52-40(24-29-59-55)43-31-33(19-21-46(43)62-52)49-51-39(23-27-57-49)37-15-7-9-17-45(37)61-51)56-54-42(26-30-60-56)44-32-34(20-22-48(44)64-54)50-53-41(25-28-58-50)38-16-8-10-18-47(38)63-53/h1-32H. The largest absolute Gasteiger partial charge is 0.455 e. The van der Waals surface area contributed by atoms with Crippen molar-refractivity contribution in [1.29, 1.82) is 0 Å². The molecule has 0 saturated heterocycles. The van der Waals surface area contributed by atoms with Crippen LogP contribution in [0.3, 0.4) is 0 Å². The maximum absolute atomic E-state index is 7.07. The van der Waals surface area contributed by atoms with E-state index >= 15 is 0 Å². The Morgan fingerprint density at radius 1 is 0.354 bits per heavy atom. The molecule has 0 spiro atoms. The molecule has 14 aromatic rings. The van der Waals surface area contributed by atoms with Gasteiger partial charge in [-0.1, -0.05) is 103 Å². The number of fused-ring (bicyclic) bond motifs is 12. The Bertz CT molecular complexity index is 3940. The Labute approximate surface area is 379 Å². The second-order valence-electron chi connectivity index (χ2n) is 16.4. The number of hydrogen-bond acceptors (Lipinski definition) is 8. The Balaban J connectivity index is 1.02. The summed E-state index contributed by atoms with van der Waals surface area (Å²) in [7, 11) is -3.36. The highest BCUT2D eigenvalue weighted by molar-refractivity contribution is 7.30. The summed E-state index contributed by atoms with van der Waals surface area (Å²) >= 11 is 3.61. The van der Waals surface area contributed by atoms with Gasteiger partial charge in [0.15, 0.2) is 11.2 Å². The van der Waals surface area contributed by atoms with Crippen LogP contribution in [0, 0.1) is 0 Å². The van der Waals surface area contributed by atoms with Crippen LogP contribution < -0.4 is 21.0 Å². The zero-order valence-electron chi connectivity index (χ0n) is 34.4. The third-order valence-corrected chi connectivity index (χ3v) is 20.2. The molecule has 0 amide bonds. The van der Waals surface area contributed by atoms with Crippen LogP contribution in [-0.2, 0) is 0 Å². The number of thiophene rings is 2. The highest BCUT2D eigenvalue weighted by Crippen LogP contribution is 2.42. The zero-order valence-corrected chi connectivity index (χ0v) is 37.0. The molecule has 0 aliphatic heterocycles. The fourth-order valence-corrected chi connectivity index (χ4v) is 17.6. The number of furan rings is 2. The lowest BCUT2D eigenvalue weighted by molar-refractivity contribution is 0.667. The summed E-state index contributed by atoms with van der Waals surface area (Å²) in [6.45, 7) is 0. The number of pyridine rings is 4. The third kappa shape index (κ3) is 5.31. The predicted octanol–water partition coefficient (Wildman–Crippen LogP) is 12.5. The van der Waals surface area contributed by atoms with Crippen LogP contribution in [0.1, 0.15) is 0 Å². The van der Waals surface area contributed by atoms with Crippen molar-refractivity contribution in [2.75, 3.05) is 0 Å². The van der Waals surface area contributed by atoms with Crippen molar-refractivity contribution in [2.24, 2.45) is 0 Å². The molecule has 8 heterocycles. The molecule has 304 valence electrons. The molecule has 65 heavy (non-hydrogen) atoms. The molecule has 0 aliphatic rings. The maximum atomic E-state index is 7.07. The van der Waals surface area contributed by atoms with Gasteiger partial charge in [0.1, 0.15) is 16.9 Å². The average molecular weight is 885 g/mol. The van der Waals surface area contributed by atoms with E-state index in [-0.39, 0.29) is 0 Å². The molecular formula is C56H32N4O2S2Si. The molecule has 6 aromatic carbocycles. The number of aromatic nitrogens is 4. The molecule has 14 rings (SSSR count). The Kier molecular flexibility index (Phi) is 7.94. The average Bonchev–Trinajstić information content (AvgIpc) is 4.15. The van der Waals surface area contributed by atoms with E-state index in [1.54, 1.807) is 11.3 Å². The van der Waals surface area contributed by atoms with Crippen LogP contribution in [0.4, 0.5) is 0 Å². The van der Waals surface area contributed by atoms with Crippen LogP contribution in [-0.4, -0.2) is 28.0 Å². The summed E-state index contributed by atoms with van der Waals surface area (Å²) in [5.41, 5.74) is 7.00. The Hall–Kier alpha value is -7.82. The van der Waals surface area contributed by atoms with E-state index in [1.165, 1.54) is 40.6 Å². The zero-order chi connectivity index (χ0) is 42.6. The normalized spacial score (nSPS) is 12.3. The van der Waals surface area contributed by atoms with Crippen molar-refractivity contribution in [3.05, 3.63) is 195 Å². The molecule has 0 radical (unpaired) electrons. The summed E-state index contributed by atoms with van der Waals surface area (Å²) in [4.78, 5) is 20.7. The number of nitrogens with zero attached hydrogens (tertiary/aromatic N) is 4. The van der Waals surface area contributed by atoms with Gasteiger partial charge >= 0.3 is 0 Å². The predicted molar refractivity (Wildman–Crippen MR) is 272 cm³/mol. The molecule has 0 saturated carbocycles. The van der Waals surface area contributed by atoms with Crippen molar-refractivity contribution < 1.29 is 8.83 Å². The van der Waals surface area contributed by atoms with Gasteiger partial charge in [-0.2, -0.15) is 0 Å². The molecule has 8 aromatic heterocycles. The van der Waals surface area contributed by atoms with Gasteiger partial charge in [-0.05, 0) is 77.1 Å². The Morgan fingerprint density at radius 2 is 0.892 bits per heavy atom. The molecule has 9 heteroatoms. The SMILES string of the molecule is c1ccc([Si](c2ccccc2)(c2nccc3c2oc2ccc(-c4nccc5c4oc4ccccc45)cc23)c2nccc3c2sc2ccc(-c4nccc5c4sc4ccccc45)cc23)cc1. The first-order chi connectivity index (χ1) is 32.2. The lowest BCUT2D eigenvalue weighted by atomic mass is 10.1. The number of para-hydroxylation sites is 1. The first-order valence-corrected chi connectivity index (χ1v) is 25.1. The molecular weight excluding hydrogens is 853 g/mol. The van der Waals surface area contributed by atoms with Gasteiger partial charge in [-0.15, -0.1) is 22.7 Å². The molecule has 0 atom stereocenters. The van der Waals surface area contributed by atoms with Gasteiger partial charge in [-0.3, -0.25) is 19.9 Å². The number of rotatable bonds is 6. The second-order valence-corrected chi connectivity index (χ2v) is 22.2. The first-order valence-electron chi connectivity index (χ1n) is 21.5. The molecule has 0 fully saturated rings. The van der Waals surface area contributed by atoms with Crippen molar-refractivity contribution in [3.63, 3.8) is 0 Å². The molecule has 0 N–H and O–H groups in total. The highest BCUT2D eigenvalue weighted by atomic mass is 32.1. The van der Waals surface area contributed by atoms with Gasteiger partial charge in [-0.25, -0.2) is 0 Å². The van der Waals surface area contributed by atoms with Crippen molar-refractivity contribution >= 4 is 136 Å². The minimum atomic E-state index is -3.36. The van der Waals surface area contributed by atoms with Crippen molar-refractivity contribution in [1.82, 2.24) is 19.9 Å². The van der Waals surface area contributed by atoms with E-state index in [2.05, 4.69) is 146 Å². The van der Waals surface area contributed by atoms with Gasteiger partial charge in [0.05, 0.1) is 25.7 Å². The quantitative estimate of drug-likeness (QED) is 0.155. The summed E-state index contributed by atoms with van der Waals surface area (Å²) in [5, 5.41) is 13.2. The third-order valence-electron chi connectivity index (χ3n) is 13.0. The lowest BCUT2D eigenvalue weighted by Gasteiger charge is -2.32. The number of benzene rings is 6. The summed E-state index contributed by atoms with van der Waals surface area (Å²) in [6.07, 6.45) is 7.75. The molecule has 0 bridgehead atoms. The van der Waals surface area contributed by atoms with Gasteiger partial charge in [0.25, 0.3) is 0 Å². The lowest BCUT2D eigenvalue weighted by Crippen LogP contribution is -2.76. The molecule has 0 unspecified atom stereocenters. The monoisotopic (exact) mass is 884 g/mol. The van der Waals surface area contributed by atoms with Gasteiger partial charge in [0.2, 0.25) is 8.07 Å². The van der Waals surface area contributed by atoms with Crippen LogP contribution >= 0.6 is 22.7 Å². The highest BCUT2D eigenvalue weighted by Gasteiger charge is 2.48. The first kappa shape index (κ1) is 36.6. The topological polar surface area (TPSA) is 77.8 Å². The van der Waals surface area contributed by atoms with Gasteiger partial charge < -0.3 is 8.83 Å². The maximum Gasteiger partial charge on any atom is 0.230 e. The van der Waals surface area contributed by atoms with E-state index < -0.39 is 8.07 Å².